The summed E-state index contributed by atoms with van der Waals surface area (Å²) >= 11 is 0. The maximum Gasteiger partial charge on any atom is 0.416 e. The van der Waals surface area contributed by atoms with E-state index < -0.39 is 11.7 Å². The maximum atomic E-state index is 13.3. The van der Waals surface area contributed by atoms with Crippen LogP contribution in [0.1, 0.15) is 53.0 Å². The van der Waals surface area contributed by atoms with Gasteiger partial charge >= 0.3 is 6.18 Å². The molecule has 0 atom stereocenters. The Morgan fingerprint density at radius 1 is 0.947 bits per heavy atom. The molecule has 6 rings (SSSR count). The van der Waals surface area contributed by atoms with Crippen LogP contribution in [0.3, 0.4) is 0 Å². The Bertz CT molecular complexity index is 1530. The molecule has 1 N–H and O–H groups in total. The van der Waals surface area contributed by atoms with E-state index in [2.05, 4.69) is 21.4 Å². The molecule has 1 heterocycles. The highest BCUT2D eigenvalue weighted by atomic mass is 19.4. The molecule has 5 nitrogen and oxygen atoms in total. The maximum absolute atomic E-state index is 13.3. The Hall–Kier alpha value is -3.94. The lowest BCUT2D eigenvalue weighted by Gasteiger charge is -2.23. The molecule has 0 aliphatic heterocycles. The SMILES string of the molecule is Cc1nc(NC2CC2)c2cc(-c3cccc(CN(C(=O)c4cccc(C(F)(F)F)c4)C4CC4)c3)ccc2n1. The summed E-state index contributed by atoms with van der Waals surface area (Å²) in [6.45, 7) is 2.22. The smallest absolute Gasteiger partial charge is 0.367 e. The van der Waals surface area contributed by atoms with Crippen LogP contribution in [0.4, 0.5) is 19.0 Å². The highest BCUT2D eigenvalue weighted by molar-refractivity contribution is 5.95. The minimum Gasteiger partial charge on any atom is -0.367 e. The molecule has 0 spiro atoms. The van der Waals surface area contributed by atoms with Crippen molar-refractivity contribution in [1.82, 2.24) is 14.9 Å². The summed E-state index contributed by atoms with van der Waals surface area (Å²) in [7, 11) is 0. The number of fused-ring (bicyclic) bond motifs is 1. The van der Waals surface area contributed by atoms with E-state index in [1.165, 1.54) is 12.1 Å². The van der Waals surface area contributed by atoms with Crippen molar-refractivity contribution < 1.29 is 18.0 Å². The largest absolute Gasteiger partial charge is 0.416 e. The molecule has 1 aromatic heterocycles. The fourth-order valence-corrected chi connectivity index (χ4v) is 4.75. The first-order valence-electron chi connectivity index (χ1n) is 12.9. The quantitative estimate of drug-likeness (QED) is 0.287. The lowest BCUT2D eigenvalue weighted by molar-refractivity contribution is -0.137. The molecule has 2 saturated carbocycles. The second kappa shape index (κ2) is 9.42. The van der Waals surface area contributed by atoms with Gasteiger partial charge in [-0.15, -0.1) is 0 Å². The second-order valence-electron chi connectivity index (χ2n) is 10.2. The molecular formula is C30H27F3N4O. The van der Waals surface area contributed by atoms with Crippen LogP contribution in [0.25, 0.3) is 22.0 Å². The van der Waals surface area contributed by atoms with Gasteiger partial charge in [0.15, 0.2) is 0 Å². The van der Waals surface area contributed by atoms with Crippen molar-refractivity contribution in [1.29, 1.82) is 0 Å². The highest BCUT2D eigenvalue weighted by Gasteiger charge is 2.35. The lowest BCUT2D eigenvalue weighted by Crippen LogP contribution is -2.32. The summed E-state index contributed by atoms with van der Waals surface area (Å²) in [4.78, 5) is 24.2. The van der Waals surface area contributed by atoms with Gasteiger partial charge in [0, 0.05) is 29.6 Å². The van der Waals surface area contributed by atoms with Crippen LogP contribution in [0.2, 0.25) is 0 Å². The van der Waals surface area contributed by atoms with Gasteiger partial charge in [0.2, 0.25) is 0 Å². The Kier molecular flexibility index (Phi) is 6.05. The number of carbonyl (C=O) groups excluding carboxylic acids is 1. The highest BCUT2D eigenvalue weighted by Crippen LogP contribution is 2.34. The van der Waals surface area contributed by atoms with Gasteiger partial charge in [-0.3, -0.25) is 4.79 Å². The van der Waals surface area contributed by atoms with E-state index in [1.54, 1.807) is 4.90 Å². The van der Waals surface area contributed by atoms with E-state index in [0.29, 0.717) is 12.6 Å². The number of aryl methyl sites for hydroxylation is 1. The summed E-state index contributed by atoms with van der Waals surface area (Å²) in [6, 6.07) is 19.3. The van der Waals surface area contributed by atoms with Crippen LogP contribution >= 0.6 is 0 Å². The van der Waals surface area contributed by atoms with E-state index in [-0.39, 0.29) is 17.5 Å². The molecule has 8 heteroatoms. The van der Waals surface area contributed by atoms with Crippen molar-refractivity contribution in [2.45, 2.75) is 57.4 Å². The predicted octanol–water partition coefficient (Wildman–Crippen LogP) is 7.00. The summed E-state index contributed by atoms with van der Waals surface area (Å²) in [6.07, 6.45) is -0.505. The zero-order valence-corrected chi connectivity index (χ0v) is 20.9. The summed E-state index contributed by atoms with van der Waals surface area (Å²) in [5, 5.41) is 4.47. The van der Waals surface area contributed by atoms with Crippen molar-refractivity contribution in [2.75, 3.05) is 5.32 Å². The summed E-state index contributed by atoms with van der Waals surface area (Å²) < 4.78 is 39.7. The molecule has 1 amide bonds. The third-order valence-electron chi connectivity index (χ3n) is 7.02. The van der Waals surface area contributed by atoms with Crippen molar-refractivity contribution in [3.8, 4) is 11.1 Å². The summed E-state index contributed by atoms with van der Waals surface area (Å²) in [5.74, 6) is 1.19. The molecule has 0 saturated heterocycles. The first-order valence-corrected chi connectivity index (χ1v) is 12.9. The number of hydrogen-bond acceptors (Lipinski definition) is 4. The lowest BCUT2D eigenvalue weighted by atomic mass is 10.0. The van der Waals surface area contributed by atoms with E-state index in [1.807, 2.05) is 43.3 Å². The van der Waals surface area contributed by atoms with E-state index in [9.17, 15) is 18.0 Å². The van der Waals surface area contributed by atoms with E-state index >= 15 is 0 Å². The fraction of sp³-hybridized carbons (Fsp3) is 0.300. The van der Waals surface area contributed by atoms with Gasteiger partial charge in [-0.05, 0) is 85.7 Å². The normalized spacial score (nSPS) is 15.5. The number of amides is 1. The first kappa shape index (κ1) is 24.4. The van der Waals surface area contributed by atoms with Gasteiger partial charge < -0.3 is 10.2 Å². The minimum atomic E-state index is -4.49. The van der Waals surface area contributed by atoms with Crippen LogP contribution in [-0.4, -0.2) is 32.9 Å². The number of benzene rings is 3. The molecule has 0 unspecified atom stereocenters. The number of rotatable bonds is 7. The van der Waals surface area contributed by atoms with Crippen LogP contribution in [-0.2, 0) is 12.7 Å². The van der Waals surface area contributed by atoms with Crippen molar-refractivity contribution in [3.05, 3.63) is 89.2 Å². The number of nitrogens with one attached hydrogen (secondary N) is 1. The average molecular weight is 517 g/mol. The molecular weight excluding hydrogens is 489 g/mol. The van der Waals surface area contributed by atoms with Gasteiger partial charge in [-0.1, -0.05) is 30.3 Å². The van der Waals surface area contributed by atoms with Gasteiger partial charge in [-0.25, -0.2) is 9.97 Å². The van der Waals surface area contributed by atoms with Crippen LogP contribution < -0.4 is 5.32 Å². The topological polar surface area (TPSA) is 58.1 Å². The molecule has 0 radical (unpaired) electrons. The number of alkyl halides is 3. The third kappa shape index (κ3) is 5.21. The molecule has 2 aliphatic rings. The van der Waals surface area contributed by atoms with Gasteiger partial charge in [0.1, 0.15) is 11.6 Å². The molecule has 194 valence electrons. The van der Waals surface area contributed by atoms with E-state index in [4.69, 9.17) is 0 Å². The monoisotopic (exact) mass is 516 g/mol. The number of carbonyl (C=O) groups is 1. The van der Waals surface area contributed by atoms with E-state index in [0.717, 1.165) is 77.1 Å². The van der Waals surface area contributed by atoms with Crippen molar-refractivity contribution in [2.24, 2.45) is 0 Å². The molecule has 38 heavy (non-hydrogen) atoms. The molecule has 4 aromatic rings. The second-order valence-corrected chi connectivity index (χ2v) is 10.2. The number of aromatic nitrogens is 2. The zero-order valence-electron chi connectivity index (χ0n) is 20.9. The van der Waals surface area contributed by atoms with Crippen LogP contribution in [0.15, 0.2) is 66.7 Å². The predicted molar refractivity (Wildman–Crippen MR) is 141 cm³/mol. The average Bonchev–Trinajstić information content (AvgIpc) is 3.82. The van der Waals surface area contributed by atoms with Crippen LogP contribution in [0, 0.1) is 6.92 Å². The Balaban J connectivity index is 1.28. The molecule has 2 fully saturated rings. The van der Waals surface area contributed by atoms with Crippen LogP contribution in [0.5, 0.6) is 0 Å². The van der Waals surface area contributed by atoms with Crippen molar-refractivity contribution >= 4 is 22.6 Å². The Labute approximate surface area is 218 Å². The minimum absolute atomic E-state index is 0.0396. The Morgan fingerprint density at radius 2 is 1.71 bits per heavy atom. The third-order valence-corrected chi connectivity index (χ3v) is 7.02. The first-order chi connectivity index (χ1) is 18.2. The van der Waals surface area contributed by atoms with Gasteiger partial charge in [-0.2, -0.15) is 13.2 Å². The molecule has 0 bridgehead atoms. The Morgan fingerprint density at radius 3 is 2.45 bits per heavy atom. The standard InChI is InChI=1S/C30H27F3N4O/c1-18-34-27-13-8-21(16-26(27)28(35-18)36-24-9-10-24)20-5-2-4-19(14-20)17-37(25-11-12-25)29(38)22-6-3-7-23(15-22)30(31,32)33/h2-8,13-16,24-25H,9-12,17H2,1H3,(H,34,35,36). The number of nitrogens with zero attached hydrogens (tertiary/aromatic N) is 3. The number of anilines is 1. The number of halogens is 3. The fourth-order valence-electron chi connectivity index (χ4n) is 4.75. The molecule has 2 aliphatic carbocycles. The zero-order chi connectivity index (χ0) is 26.4. The summed E-state index contributed by atoms with van der Waals surface area (Å²) in [5.41, 5.74) is 3.05. The van der Waals surface area contributed by atoms with Gasteiger partial charge in [0.05, 0.1) is 11.1 Å². The molecule has 3 aromatic carbocycles. The van der Waals surface area contributed by atoms with Gasteiger partial charge in [0.25, 0.3) is 5.91 Å². The number of hydrogen-bond donors (Lipinski definition) is 1. The van der Waals surface area contributed by atoms with Crippen molar-refractivity contribution in [3.63, 3.8) is 0 Å².